The Labute approximate surface area is 216 Å². The lowest BCUT2D eigenvalue weighted by atomic mass is 10.1. The number of benzene rings is 3. The third kappa shape index (κ3) is 5.10. The number of halogens is 2. The molecule has 1 saturated heterocycles. The molecule has 0 atom stereocenters. The summed E-state index contributed by atoms with van der Waals surface area (Å²) in [6, 6.07) is 22.8. The summed E-state index contributed by atoms with van der Waals surface area (Å²) in [4.78, 5) is 27.2. The van der Waals surface area contributed by atoms with E-state index in [9.17, 15) is 9.59 Å². The number of ether oxygens (including phenoxy) is 1. The van der Waals surface area contributed by atoms with E-state index in [1.54, 1.807) is 12.1 Å². The van der Waals surface area contributed by atoms with Gasteiger partial charge in [-0.15, -0.1) is 0 Å². The molecule has 0 spiro atoms. The van der Waals surface area contributed by atoms with Crippen LogP contribution in [0.15, 0.2) is 83.9 Å². The van der Waals surface area contributed by atoms with E-state index in [0.717, 1.165) is 33.8 Å². The molecule has 2 amide bonds. The standard InChI is InChI=1S/C27H20Cl2N2O3S/c28-22-11-10-18(14-23(22)29)16-30-17-19(21-8-4-5-9-24(21)30)15-25-26(32)31(27(33)35-25)12-13-34-20-6-2-1-3-7-20/h1-11,14-15,17H,12-13,16H2/b25-15-. The number of hydrogen-bond acceptors (Lipinski definition) is 4. The van der Waals surface area contributed by atoms with Crippen LogP contribution in [0.3, 0.4) is 0 Å². The summed E-state index contributed by atoms with van der Waals surface area (Å²) < 4.78 is 7.75. The highest BCUT2D eigenvalue weighted by Crippen LogP contribution is 2.34. The number of rotatable bonds is 7. The van der Waals surface area contributed by atoms with Crippen LogP contribution in [0.25, 0.3) is 17.0 Å². The second-order valence-corrected chi connectivity index (χ2v) is 9.78. The highest BCUT2D eigenvalue weighted by molar-refractivity contribution is 8.18. The molecule has 0 radical (unpaired) electrons. The van der Waals surface area contributed by atoms with Crippen molar-refractivity contribution in [2.45, 2.75) is 6.54 Å². The fraction of sp³-hybridized carbons (Fsp3) is 0.111. The summed E-state index contributed by atoms with van der Waals surface area (Å²) in [7, 11) is 0. The maximum absolute atomic E-state index is 13.0. The van der Waals surface area contributed by atoms with Crippen LogP contribution >= 0.6 is 35.0 Å². The SMILES string of the molecule is O=C1S/C(=C\c2cn(Cc3ccc(Cl)c(Cl)c3)c3ccccc23)C(=O)N1CCOc1ccccc1. The molecule has 5 nitrogen and oxygen atoms in total. The lowest BCUT2D eigenvalue weighted by molar-refractivity contribution is -0.123. The Morgan fingerprint density at radius 3 is 2.49 bits per heavy atom. The van der Waals surface area contributed by atoms with Gasteiger partial charge in [0.15, 0.2) is 0 Å². The summed E-state index contributed by atoms with van der Waals surface area (Å²) in [5.41, 5.74) is 2.89. The van der Waals surface area contributed by atoms with E-state index in [1.165, 1.54) is 4.90 Å². The van der Waals surface area contributed by atoms with Crippen molar-refractivity contribution < 1.29 is 14.3 Å². The largest absolute Gasteiger partial charge is 0.492 e. The highest BCUT2D eigenvalue weighted by Gasteiger charge is 2.35. The van der Waals surface area contributed by atoms with Crippen LogP contribution < -0.4 is 4.74 Å². The molecule has 0 aliphatic carbocycles. The van der Waals surface area contributed by atoms with Crippen LogP contribution in [-0.4, -0.2) is 33.8 Å². The zero-order valence-corrected chi connectivity index (χ0v) is 20.8. The third-order valence-electron chi connectivity index (χ3n) is 5.64. The van der Waals surface area contributed by atoms with Gasteiger partial charge >= 0.3 is 0 Å². The fourth-order valence-electron chi connectivity index (χ4n) is 3.96. The zero-order chi connectivity index (χ0) is 24.4. The van der Waals surface area contributed by atoms with Crippen molar-refractivity contribution in [3.05, 3.63) is 105 Å². The van der Waals surface area contributed by atoms with Crippen molar-refractivity contribution in [1.82, 2.24) is 9.47 Å². The first-order chi connectivity index (χ1) is 17.0. The number of amides is 2. The summed E-state index contributed by atoms with van der Waals surface area (Å²) in [6.07, 6.45) is 3.77. The Hall–Kier alpha value is -3.19. The van der Waals surface area contributed by atoms with Gasteiger partial charge in [0.1, 0.15) is 12.4 Å². The molecule has 3 aromatic carbocycles. The first kappa shape index (κ1) is 23.5. The van der Waals surface area contributed by atoms with Gasteiger partial charge < -0.3 is 9.30 Å². The molecule has 35 heavy (non-hydrogen) atoms. The van der Waals surface area contributed by atoms with Gasteiger partial charge in [-0.2, -0.15) is 0 Å². The number of para-hydroxylation sites is 2. The van der Waals surface area contributed by atoms with Gasteiger partial charge in [-0.1, -0.05) is 65.7 Å². The molecule has 176 valence electrons. The highest BCUT2D eigenvalue weighted by atomic mass is 35.5. The Kier molecular flexibility index (Phi) is 6.86. The normalized spacial score (nSPS) is 14.9. The maximum atomic E-state index is 13.0. The second kappa shape index (κ2) is 10.2. The number of carbonyl (C=O) groups excluding carboxylic acids is 2. The molecule has 0 saturated carbocycles. The molecule has 1 aliphatic rings. The summed E-state index contributed by atoms with van der Waals surface area (Å²) in [6.45, 7) is 1.01. The molecule has 1 fully saturated rings. The molecule has 0 unspecified atom stereocenters. The van der Waals surface area contributed by atoms with E-state index < -0.39 is 0 Å². The van der Waals surface area contributed by atoms with Gasteiger partial charge in [0.2, 0.25) is 0 Å². The topological polar surface area (TPSA) is 51.5 Å². The fourth-order valence-corrected chi connectivity index (χ4v) is 5.14. The minimum atomic E-state index is -0.307. The van der Waals surface area contributed by atoms with Crippen LogP contribution in [0.1, 0.15) is 11.1 Å². The molecule has 0 N–H and O–H groups in total. The molecule has 5 rings (SSSR count). The van der Waals surface area contributed by atoms with E-state index in [4.69, 9.17) is 27.9 Å². The first-order valence-electron chi connectivity index (χ1n) is 10.9. The van der Waals surface area contributed by atoms with Gasteiger partial charge in [-0.25, -0.2) is 0 Å². The van der Waals surface area contributed by atoms with Crippen molar-refractivity contribution in [2.75, 3.05) is 13.2 Å². The molecule has 0 bridgehead atoms. The molecular formula is C27H20Cl2N2O3S. The van der Waals surface area contributed by atoms with Gasteiger partial charge in [-0.3, -0.25) is 14.5 Å². The predicted molar refractivity (Wildman–Crippen MR) is 142 cm³/mol. The van der Waals surface area contributed by atoms with Crippen LogP contribution in [0.4, 0.5) is 4.79 Å². The third-order valence-corrected chi connectivity index (χ3v) is 7.29. The molecule has 8 heteroatoms. The first-order valence-corrected chi connectivity index (χ1v) is 12.5. The number of fused-ring (bicyclic) bond motifs is 1. The van der Waals surface area contributed by atoms with Gasteiger partial charge in [-0.05, 0) is 53.7 Å². The van der Waals surface area contributed by atoms with Crippen molar-refractivity contribution in [2.24, 2.45) is 0 Å². The monoisotopic (exact) mass is 522 g/mol. The number of imide groups is 1. The van der Waals surface area contributed by atoms with E-state index >= 15 is 0 Å². The van der Waals surface area contributed by atoms with Gasteiger partial charge in [0, 0.05) is 29.2 Å². The lowest BCUT2D eigenvalue weighted by Crippen LogP contribution is -2.32. The number of nitrogens with zero attached hydrogens (tertiary/aromatic N) is 2. The minimum absolute atomic E-state index is 0.190. The van der Waals surface area contributed by atoms with E-state index in [-0.39, 0.29) is 24.3 Å². The number of thioether (sulfide) groups is 1. The molecular weight excluding hydrogens is 503 g/mol. The molecule has 1 aliphatic heterocycles. The predicted octanol–water partition coefficient (Wildman–Crippen LogP) is 7.11. The summed E-state index contributed by atoms with van der Waals surface area (Å²) in [5, 5.41) is 1.72. The van der Waals surface area contributed by atoms with E-state index in [0.29, 0.717) is 27.2 Å². The number of carbonyl (C=O) groups is 2. The average molecular weight is 523 g/mol. The smallest absolute Gasteiger partial charge is 0.293 e. The molecule has 4 aromatic rings. The molecule has 2 heterocycles. The van der Waals surface area contributed by atoms with Crippen LogP contribution in [0.2, 0.25) is 10.0 Å². The Balaban J connectivity index is 1.37. The Morgan fingerprint density at radius 2 is 1.69 bits per heavy atom. The van der Waals surface area contributed by atoms with Crippen molar-refractivity contribution in [1.29, 1.82) is 0 Å². The lowest BCUT2D eigenvalue weighted by Gasteiger charge is -2.13. The van der Waals surface area contributed by atoms with Crippen molar-refractivity contribution in [3.63, 3.8) is 0 Å². The van der Waals surface area contributed by atoms with Crippen LogP contribution in [0.5, 0.6) is 5.75 Å². The Morgan fingerprint density at radius 1 is 0.914 bits per heavy atom. The maximum Gasteiger partial charge on any atom is 0.293 e. The van der Waals surface area contributed by atoms with Crippen molar-refractivity contribution >= 4 is 63.1 Å². The quantitative estimate of drug-likeness (QED) is 0.242. The average Bonchev–Trinajstić information content (AvgIpc) is 3.34. The van der Waals surface area contributed by atoms with E-state index in [1.807, 2.05) is 72.9 Å². The van der Waals surface area contributed by atoms with Gasteiger partial charge in [0.25, 0.3) is 11.1 Å². The van der Waals surface area contributed by atoms with Crippen LogP contribution in [0, 0.1) is 0 Å². The summed E-state index contributed by atoms with van der Waals surface area (Å²) >= 11 is 13.2. The molecule has 1 aromatic heterocycles. The number of aromatic nitrogens is 1. The van der Waals surface area contributed by atoms with E-state index in [2.05, 4.69) is 4.57 Å². The number of hydrogen-bond donors (Lipinski definition) is 0. The van der Waals surface area contributed by atoms with Crippen molar-refractivity contribution in [3.8, 4) is 5.75 Å². The second-order valence-electron chi connectivity index (χ2n) is 7.97. The van der Waals surface area contributed by atoms with Gasteiger partial charge in [0.05, 0.1) is 21.5 Å². The summed E-state index contributed by atoms with van der Waals surface area (Å²) in [5.74, 6) is 0.391. The Bertz CT molecular complexity index is 1450. The minimum Gasteiger partial charge on any atom is -0.492 e. The van der Waals surface area contributed by atoms with Crippen LogP contribution in [-0.2, 0) is 11.3 Å². The zero-order valence-electron chi connectivity index (χ0n) is 18.5.